The van der Waals surface area contributed by atoms with E-state index in [4.69, 9.17) is 21.1 Å². The number of aromatic hydroxyl groups is 1. The summed E-state index contributed by atoms with van der Waals surface area (Å²) in [6, 6.07) is 58.6. The molecule has 8 aromatic carbocycles. The molecule has 0 atom stereocenters. The van der Waals surface area contributed by atoms with Gasteiger partial charge in [0.25, 0.3) is 5.24 Å². The van der Waals surface area contributed by atoms with Crippen LogP contribution in [0.3, 0.4) is 0 Å². The minimum Gasteiger partial charge on any atom is -0.507 e. The van der Waals surface area contributed by atoms with Gasteiger partial charge >= 0.3 is 0 Å². The number of hydrogen-bond donors (Lipinski definition) is 1. The van der Waals surface area contributed by atoms with Crippen LogP contribution >= 0.6 is 11.6 Å². The Bertz CT molecular complexity index is 3000. The third-order valence-corrected chi connectivity index (χ3v) is 13.0. The summed E-state index contributed by atoms with van der Waals surface area (Å²) in [6.07, 6.45) is 0. The number of rotatable bonds is 11. The zero-order valence-corrected chi connectivity index (χ0v) is 36.0. The number of halogens is 1. The number of benzene rings is 8. The Labute approximate surface area is 371 Å². The van der Waals surface area contributed by atoms with Gasteiger partial charge in [-0.05, 0) is 151 Å². The summed E-state index contributed by atoms with van der Waals surface area (Å²) in [5, 5.41) is 9.47. The SMILES string of the molecule is Cc1ccccc1C(=O)Cl.O=C(c1ccc(Oc2ccc(S(=O)(=O)c3ccccc3)cc2)cc1)c1ccccc1O.O=S(=O)(c1ccccc1)c1ccc(Oc2ccccc2)cc1. The predicted molar refractivity (Wildman–Crippen MR) is 243 cm³/mol. The lowest BCUT2D eigenvalue weighted by atomic mass is 10.0. The normalized spacial score (nSPS) is 10.8. The maximum Gasteiger partial charge on any atom is 0.252 e. The second-order valence-corrected chi connectivity index (χ2v) is 17.8. The average Bonchev–Trinajstić information content (AvgIpc) is 3.31. The first kappa shape index (κ1) is 45.2. The van der Waals surface area contributed by atoms with Gasteiger partial charge in [-0.25, -0.2) is 16.8 Å². The molecule has 0 spiro atoms. The molecular weight excluding hydrogens is 856 g/mol. The highest BCUT2D eigenvalue weighted by molar-refractivity contribution is 7.91. The van der Waals surface area contributed by atoms with Crippen LogP contribution in [0.2, 0.25) is 0 Å². The van der Waals surface area contributed by atoms with Crippen molar-refractivity contribution in [2.24, 2.45) is 0 Å². The zero-order chi connectivity index (χ0) is 44.8. The molecule has 12 heteroatoms. The van der Waals surface area contributed by atoms with Crippen molar-refractivity contribution >= 4 is 42.3 Å². The lowest BCUT2D eigenvalue weighted by molar-refractivity contribution is 0.103. The fraction of sp³-hybridized carbons (Fsp3) is 0.0196. The van der Waals surface area contributed by atoms with Crippen LogP contribution in [0.1, 0.15) is 31.8 Å². The molecule has 0 aliphatic carbocycles. The first-order chi connectivity index (χ1) is 30.3. The molecular formula is C51H39ClO9S2. The van der Waals surface area contributed by atoms with Gasteiger partial charge < -0.3 is 14.6 Å². The minimum atomic E-state index is -3.59. The molecule has 0 heterocycles. The van der Waals surface area contributed by atoms with Crippen LogP contribution in [0.4, 0.5) is 0 Å². The molecule has 9 nitrogen and oxygen atoms in total. The summed E-state index contributed by atoms with van der Waals surface area (Å²) in [5.41, 5.74) is 2.15. The fourth-order valence-corrected chi connectivity index (χ4v) is 8.67. The van der Waals surface area contributed by atoms with E-state index in [2.05, 4.69) is 0 Å². The number of aryl methyl sites for hydroxylation is 1. The van der Waals surface area contributed by atoms with E-state index >= 15 is 0 Å². The van der Waals surface area contributed by atoms with E-state index in [1.807, 2.05) is 49.4 Å². The third-order valence-electron chi connectivity index (χ3n) is 9.21. The summed E-state index contributed by atoms with van der Waals surface area (Å²) in [7, 11) is -7.07. The third kappa shape index (κ3) is 12.0. The van der Waals surface area contributed by atoms with Crippen molar-refractivity contribution in [3.8, 4) is 28.7 Å². The number of para-hydroxylation sites is 2. The van der Waals surface area contributed by atoms with Gasteiger partial charge in [0.15, 0.2) is 5.78 Å². The Morgan fingerprint density at radius 3 is 1.14 bits per heavy atom. The highest BCUT2D eigenvalue weighted by atomic mass is 35.5. The number of phenols is 1. The molecule has 0 bridgehead atoms. The molecule has 8 aromatic rings. The van der Waals surface area contributed by atoms with Crippen LogP contribution < -0.4 is 9.47 Å². The molecule has 0 aliphatic rings. The lowest BCUT2D eigenvalue weighted by Crippen LogP contribution is -2.02. The van der Waals surface area contributed by atoms with Gasteiger partial charge in [0.2, 0.25) is 19.7 Å². The zero-order valence-electron chi connectivity index (χ0n) is 33.6. The Morgan fingerprint density at radius 1 is 0.413 bits per heavy atom. The predicted octanol–water partition coefficient (Wildman–Crippen LogP) is 11.9. The average molecular weight is 895 g/mol. The molecule has 0 fully saturated rings. The Hall–Kier alpha value is -7.31. The standard InChI is InChI=1S/C25H18O5S.C18H14O3S.C8H7ClO/c26-24-9-5-4-8-23(24)25(27)18-10-12-19(13-11-18)30-20-14-16-22(17-15-20)31(28,29)21-6-2-1-3-7-21;19-22(20,17-9-5-2-6-10-17)18-13-11-16(12-14-18)21-15-7-3-1-4-8-15;1-6-4-2-3-5-7(6)8(9)10/h1-17,26H;1-14H;2-5H,1H3. The molecule has 0 amide bonds. The first-order valence-electron chi connectivity index (χ1n) is 19.2. The fourth-order valence-electron chi connectivity index (χ4n) is 5.89. The van der Waals surface area contributed by atoms with E-state index in [1.54, 1.807) is 152 Å². The number of phenolic OH excluding ortho intramolecular Hbond substituents is 1. The molecule has 8 rings (SSSR count). The van der Waals surface area contributed by atoms with Crippen LogP contribution in [-0.2, 0) is 19.7 Å². The molecule has 0 unspecified atom stereocenters. The van der Waals surface area contributed by atoms with Gasteiger partial charge in [-0.15, -0.1) is 0 Å². The van der Waals surface area contributed by atoms with Crippen LogP contribution in [0.5, 0.6) is 28.7 Å². The van der Waals surface area contributed by atoms with Gasteiger partial charge in [0.1, 0.15) is 28.7 Å². The summed E-state index contributed by atoms with van der Waals surface area (Å²) in [5.74, 6) is 1.90. The highest BCUT2D eigenvalue weighted by Crippen LogP contribution is 2.28. The molecule has 316 valence electrons. The van der Waals surface area contributed by atoms with E-state index in [0.29, 0.717) is 34.1 Å². The maximum absolute atomic E-state index is 12.7. The first-order valence-corrected chi connectivity index (χ1v) is 22.6. The Morgan fingerprint density at radius 2 is 0.746 bits per heavy atom. The van der Waals surface area contributed by atoms with Gasteiger partial charge in [-0.2, -0.15) is 0 Å². The van der Waals surface area contributed by atoms with E-state index in [-0.39, 0.29) is 36.7 Å². The number of ether oxygens (including phenoxy) is 2. The van der Waals surface area contributed by atoms with E-state index in [0.717, 1.165) is 5.56 Å². The number of carbonyl (C=O) groups is 2. The molecule has 0 aliphatic heterocycles. The van der Waals surface area contributed by atoms with Gasteiger partial charge in [-0.3, -0.25) is 9.59 Å². The summed E-state index contributed by atoms with van der Waals surface area (Å²) >= 11 is 5.27. The van der Waals surface area contributed by atoms with Gasteiger partial charge in [-0.1, -0.05) is 84.9 Å². The number of ketones is 1. The van der Waals surface area contributed by atoms with E-state index in [9.17, 15) is 31.5 Å². The summed E-state index contributed by atoms with van der Waals surface area (Å²) < 4.78 is 61.7. The second-order valence-electron chi connectivity index (χ2n) is 13.6. The van der Waals surface area contributed by atoms with Crippen molar-refractivity contribution in [3.05, 3.63) is 235 Å². The van der Waals surface area contributed by atoms with Crippen LogP contribution in [0, 0.1) is 6.92 Å². The lowest BCUT2D eigenvalue weighted by Gasteiger charge is -2.09. The monoisotopic (exact) mass is 894 g/mol. The Kier molecular flexibility index (Phi) is 15.1. The quantitative estimate of drug-likeness (QED) is 0.0992. The number of sulfone groups is 2. The summed E-state index contributed by atoms with van der Waals surface area (Å²) in [4.78, 5) is 24.1. The van der Waals surface area contributed by atoms with Crippen LogP contribution in [-0.4, -0.2) is 33.0 Å². The van der Waals surface area contributed by atoms with Crippen molar-refractivity contribution in [2.45, 2.75) is 26.5 Å². The van der Waals surface area contributed by atoms with Crippen LogP contribution in [0.25, 0.3) is 0 Å². The second kappa shape index (κ2) is 21.0. The van der Waals surface area contributed by atoms with Crippen molar-refractivity contribution in [3.63, 3.8) is 0 Å². The smallest absolute Gasteiger partial charge is 0.252 e. The van der Waals surface area contributed by atoms with Crippen molar-refractivity contribution in [2.75, 3.05) is 0 Å². The molecule has 0 saturated carbocycles. The molecule has 1 N–H and O–H groups in total. The minimum absolute atomic E-state index is 0.0710. The molecule has 63 heavy (non-hydrogen) atoms. The molecule has 0 aromatic heterocycles. The maximum atomic E-state index is 12.7. The van der Waals surface area contributed by atoms with Crippen molar-refractivity contribution < 1.29 is 41.0 Å². The van der Waals surface area contributed by atoms with Gasteiger partial charge in [0, 0.05) is 11.1 Å². The largest absolute Gasteiger partial charge is 0.507 e. The number of hydrogen-bond acceptors (Lipinski definition) is 9. The summed E-state index contributed by atoms with van der Waals surface area (Å²) in [6.45, 7) is 1.86. The van der Waals surface area contributed by atoms with Crippen molar-refractivity contribution in [1.29, 1.82) is 0 Å². The Balaban J connectivity index is 0.000000178. The van der Waals surface area contributed by atoms with E-state index in [1.165, 1.54) is 18.2 Å². The van der Waals surface area contributed by atoms with E-state index < -0.39 is 24.9 Å². The highest BCUT2D eigenvalue weighted by Gasteiger charge is 2.19. The topological polar surface area (TPSA) is 141 Å². The molecule has 0 saturated heterocycles. The van der Waals surface area contributed by atoms with Crippen molar-refractivity contribution in [1.82, 2.24) is 0 Å². The van der Waals surface area contributed by atoms with Gasteiger partial charge in [0.05, 0.1) is 25.1 Å². The van der Waals surface area contributed by atoms with Crippen LogP contribution in [0.15, 0.2) is 232 Å². The number of carbonyl (C=O) groups excluding carboxylic acids is 2. The molecule has 0 radical (unpaired) electrons.